The van der Waals surface area contributed by atoms with E-state index in [0.717, 1.165) is 45.1 Å². The quantitative estimate of drug-likeness (QED) is 0.254. The molecule has 0 spiro atoms. The molecule has 0 radical (unpaired) electrons. The summed E-state index contributed by atoms with van der Waals surface area (Å²) in [7, 11) is 1.80. The maximum Gasteiger partial charge on any atom is 0.190 e. The number of halogens is 1. The van der Waals surface area contributed by atoms with Crippen LogP contribution < -0.4 is 10.6 Å². The van der Waals surface area contributed by atoms with Crippen molar-refractivity contribution in [1.29, 1.82) is 0 Å². The van der Waals surface area contributed by atoms with Crippen molar-refractivity contribution < 1.29 is 4.74 Å². The number of H-pyrrole nitrogens is 1. The van der Waals surface area contributed by atoms with Crippen molar-refractivity contribution in [2.75, 3.05) is 33.4 Å². The van der Waals surface area contributed by atoms with Gasteiger partial charge >= 0.3 is 0 Å². The number of hydrogen-bond acceptors (Lipinski definition) is 2. The Balaban J connectivity index is 0.00000288. The van der Waals surface area contributed by atoms with E-state index in [1.165, 1.54) is 22.0 Å². The van der Waals surface area contributed by atoms with Crippen molar-refractivity contribution in [3.05, 3.63) is 35.5 Å². The normalized spacial score (nSPS) is 11.4. The Morgan fingerprint density at radius 3 is 2.79 bits per heavy atom. The number of aryl methyl sites for hydroxylation is 1. The van der Waals surface area contributed by atoms with Gasteiger partial charge in [-0.25, -0.2) is 0 Å². The van der Waals surface area contributed by atoms with E-state index in [1.54, 1.807) is 7.05 Å². The zero-order chi connectivity index (χ0) is 16.5. The fraction of sp³-hybridized carbons (Fsp3) is 0.500. The number of fused-ring (bicyclic) bond motifs is 1. The van der Waals surface area contributed by atoms with E-state index in [-0.39, 0.29) is 24.0 Å². The SMILES string of the molecule is CCOCCCNC(=NC)NCCc1c[nH]c2c(C)cccc12.I. The molecule has 0 bridgehead atoms. The van der Waals surface area contributed by atoms with E-state index in [0.29, 0.717) is 0 Å². The molecule has 0 aliphatic heterocycles. The van der Waals surface area contributed by atoms with Crippen molar-refractivity contribution in [1.82, 2.24) is 15.6 Å². The van der Waals surface area contributed by atoms with Crippen LogP contribution in [0.1, 0.15) is 24.5 Å². The predicted octanol–water partition coefficient (Wildman–Crippen LogP) is 3.23. The summed E-state index contributed by atoms with van der Waals surface area (Å²) in [4.78, 5) is 7.62. The fourth-order valence-electron chi connectivity index (χ4n) is 2.63. The Bertz CT molecular complexity index is 639. The number of nitrogens with one attached hydrogen (secondary N) is 3. The highest BCUT2D eigenvalue weighted by Gasteiger charge is 2.05. The van der Waals surface area contributed by atoms with Crippen LogP contribution in [0.2, 0.25) is 0 Å². The van der Waals surface area contributed by atoms with Crippen LogP contribution in [0, 0.1) is 6.92 Å². The largest absolute Gasteiger partial charge is 0.382 e. The first-order valence-corrected chi connectivity index (χ1v) is 8.34. The Kier molecular flexibility index (Phi) is 9.78. The van der Waals surface area contributed by atoms with E-state index in [9.17, 15) is 0 Å². The lowest BCUT2D eigenvalue weighted by atomic mass is 10.1. The monoisotopic (exact) mass is 444 g/mol. The van der Waals surface area contributed by atoms with Gasteiger partial charge in [-0.15, -0.1) is 24.0 Å². The van der Waals surface area contributed by atoms with Crippen LogP contribution in [0.3, 0.4) is 0 Å². The average Bonchev–Trinajstić information content (AvgIpc) is 2.97. The zero-order valence-corrected chi connectivity index (χ0v) is 17.1. The van der Waals surface area contributed by atoms with Gasteiger partial charge in [-0.3, -0.25) is 4.99 Å². The summed E-state index contributed by atoms with van der Waals surface area (Å²) in [6.07, 6.45) is 4.05. The number of rotatable bonds is 8. The third-order valence-corrected chi connectivity index (χ3v) is 3.88. The molecular weight excluding hydrogens is 415 g/mol. The summed E-state index contributed by atoms with van der Waals surface area (Å²) in [5.41, 5.74) is 3.86. The maximum absolute atomic E-state index is 5.33. The molecule has 5 nitrogen and oxygen atoms in total. The Morgan fingerprint density at radius 1 is 1.25 bits per heavy atom. The third-order valence-electron chi connectivity index (χ3n) is 3.88. The first-order chi connectivity index (χ1) is 11.3. The van der Waals surface area contributed by atoms with Crippen LogP contribution >= 0.6 is 24.0 Å². The van der Waals surface area contributed by atoms with E-state index in [2.05, 4.69) is 51.9 Å². The standard InChI is InChI=1S/C18H28N4O.HI/c1-4-23-12-6-10-20-18(19-3)21-11-9-15-13-22-17-14(2)7-5-8-16(15)17;/h5,7-8,13,22H,4,6,9-12H2,1-3H3,(H2,19,20,21);1H. The van der Waals surface area contributed by atoms with Gasteiger partial charge in [-0.2, -0.15) is 0 Å². The summed E-state index contributed by atoms with van der Waals surface area (Å²) in [6.45, 7) is 7.43. The van der Waals surface area contributed by atoms with E-state index >= 15 is 0 Å². The van der Waals surface area contributed by atoms with Gasteiger partial charge in [0.2, 0.25) is 0 Å². The zero-order valence-electron chi connectivity index (χ0n) is 14.8. The number of aromatic amines is 1. The summed E-state index contributed by atoms with van der Waals surface area (Å²) in [5.74, 6) is 0.845. The molecule has 0 unspecified atom stereocenters. The molecule has 6 heteroatoms. The van der Waals surface area contributed by atoms with Gasteiger partial charge in [0.15, 0.2) is 5.96 Å². The Morgan fingerprint density at radius 2 is 2.04 bits per heavy atom. The molecule has 24 heavy (non-hydrogen) atoms. The van der Waals surface area contributed by atoms with Crippen LogP contribution in [0.15, 0.2) is 29.4 Å². The van der Waals surface area contributed by atoms with Crippen molar-refractivity contribution in [2.45, 2.75) is 26.7 Å². The highest BCUT2D eigenvalue weighted by molar-refractivity contribution is 14.0. The molecule has 1 aromatic heterocycles. The number of para-hydroxylation sites is 1. The van der Waals surface area contributed by atoms with Gasteiger partial charge < -0.3 is 20.4 Å². The van der Waals surface area contributed by atoms with Crippen LogP contribution in [0.25, 0.3) is 10.9 Å². The highest BCUT2D eigenvalue weighted by atomic mass is 127. The number of nitrogens with zero attached hydrogens (tertiary/aromatic N) is 1. The van der Waals surface area contributed by atoms with E-state index < -0.39 is 0 Å². The van der Waals surface area contributed by atoms with Gasteiger partial charge in [-0.1, -0.05) is 18.2 Å². The van der Waals surface area contributed by atoms with Gasteiger partial charge in [-0.05, 0) is 37.8 Å². The van der Waals surface area contributed by atoms with Crippen molar-refractivity contribution >= 4 is 40.8 Å². The predicted molar refractivity (Wildman–Crippen MR) is 113 cm³/mol. The third kappa shape index (κ3) is 5.98. The number of benzene rings is 1. The number of hydrogen-bond donors (Lipinski definition) is 3. The second-order valence-electron chi connectivity index (χ2n) is 5.54. The minimum atomic E-state index is 0. The van der Waals surface area contributed by atoms with Crippen LogP contribution in [0.4, 0.5) is 0 Å². The maximum atomic E-state index is 5.33. The highest BCUT2D eigenvalue weighted by Crippen LogP contribution is 2.21. The molecule has 0 saturated carbocycles. The molecule has 0 amide bonds. The summed E-state index contributed by atoms with van der Waals surface area (Å²) < 4.78 is 5.33. The number of aromatic nitrogens is 1. The van der Waals surface area contributed by atoms with Gasteiger partial charge in [0.1, 0.15) is 0 Å². The first-order valence-electron chi connectivity index (χ1n) is 8.34. The molecule has 3 N–H and O–H groups in total. The summed E-state index contributed by atoms with van der Waals surface area (Å²) in [6, 6.07) is 6.42. The molecule has 134 valence electrons. The molecule has 1 aromatic carbocycles. The van der Waals surface area contributed by atoms with Crippen LogP contribution in [-0.2, 0) is 11.2 Å². The van der Waals surface area contributed by atoms with E-state index in [4.69, 9.17) is 4.74 Å². The lowest BCUT2D eigenvalue weighted by Gasteiger charge is -2.11. The lowest BCUT2D eigenvalue weighted by molar-refractivity contribution is 0.145. The lowest BCUT2D eigenvalue weighted by Crippen LogP contribution is -2.39. The molecular formula is C18H29IN4O. The minimum absolute atomic E-state index is 0. The number of aliphatic imine (C=N–C) groups is 1. The first kappa shape index (κ1) is 20.8. The smallest absolute Gasteiger partial charge is 0.190 e. The van der Waals surface area contributed by atoms with Crippen molar-refractivity contribution in [2.24, 2.45) is 4.99 Å². The van der Waals surface area contributed by atoms with Gasteiger partial charge in [0.05, 0.1) is 0 Å². The average molecular weight is 444 g/mol. The van der Waals surface area contributed by atoms with Crippen LogP contribution in [-0.4, -0.2) is 44.3 Å². The van der Waals surface area contributed by atoms with Crippen LogP contribution in [0.5, 0.6) is 0 Å². The second kappa shape index (κ2) is 11.3. The second-order valence-corrected chi connectivity index (χ2v) is 5.54. The molecule has 1 heterocycles. The van der Waals surface area contributed by atoms with Crippen molar-refractivity contribution in [3.63, 3.8) is 0 Å². The van der Waals surface area contributed by atoms with Gasteiger partial charge in [0, 0.05) is 50.5 Å². The van der Waals surface area contributed by atoms with Crippen molar-refractivity contribution in [3.8, 4) is 0 Å². The summed E-state index contributed by atoms with van der Waals surface area (Å²) >= 11 is 0. The molecule has 0 fully saturated rings. The molecule has 0 aliphatic rings. The number of ether oxygens (including phenoxy) is 1. The molecule has 0 aliphatic carbocycles. The Labute approximate surface area is 161 Å². The topological polar surface area (TPSA) is 61.4 Å². The fourth-order valence-corrected chi connectivity index (χ4v) is 2.63. The molecule has 0 atom stereocenters. The van der Waals surface area contributed by atoms with Gasteiger partial charge in [0.25, 0.3) is 0 Å². The molecule has 2 aromatic rings. The Hall–Kier alpha value is -1.28. The van der Waals surface area contributed by atoms with E-state index in [1.807, 2.05) is 6.92 Å². The molecule has 2 rings (SSSR count). The summed E-state index contributed by atoms with van der Waals surface area (Å²) in [5, 5.41) is 7.98. The number of guanidine groups is 1. The minimum Gasteiger partial charge on any atom is -0.382 e. The molecule has 0 saturated heterocycles.